The molecule has 0 aliphatic heterocycles. The third kappa shape index (κ3) is 42.9. The lowest BCUT2D eigenvalue weighted by Crippen LogP contribution is -2.31. The molecule has 2 amide bonds. The van der Waals surface area contributed by atoms with Crippen molar-refractivity contribution >= 4 is 52.7 Å². The summed E-state index contributed by atoms with van der Waals surface area (Å²) in [5.74, 6) is -3.93. The molecule has 0 aliphatic rings. The van der Waals surface area contributed by atoms with Gasteiger partial charge in [-0.15, -0.1) is 0 Å². The number of hydrogen-bond acceptors (Lipinski definition) is 13. The first-order valence-electron chi connectivity index (χ1n) is 26.3. The molecule has 0 aromatic rings. The number of ether oxygens (including phenoxy) is 4. The minimum absolute atomic E-state index is 0.00789. The summed E-state index contributed by atoms with van der Waals surface area (Å²) in [6.07, 6.45) is 19.1. The number of unbranched alkanes of at least 4 members (excludes halogenated alkanes) is 14. The number of rotatable bonds is 51. The zero-order valence-electron chi connectivity index (χ0n) is 43.5. The maximum atomic E-state index is 12.7. The van der Waals surface area contributed by atoms with Gasteiger partial charge in [0, 0.05) is 82.4 Å². The Hall–Kier alpha value is -3.93. The van der Waals surface area contributed by atoms with Gasteiger partial charge in [0.1, 0.15) is 42.1 Å². The van der Waals surface area contributed by atoms with Gasteiger partial charge in [0.2, 0.25) is 11.8 Å². The van der Waals surface area contributed by atoms with E-state index in [1.807, 2.05) is 20.8 Å². The van der Waals surface area contributed by atoms with E-state index in [0.29, 0.717) is 45.3 Å². The fourth-order valence-electron chi connectivity index (χ4n) is 7.53. The minimum Gasteiger partial charge on any atom is -0.481 e. The third-order valence-corrected chi connectivity index (χ3v) is 12.0. The Morgan fingerprint density at radius 3 is 1.44 bits per heavy atom. The summed E-state index contributed by atoms with van der Waals surface area (Å²) in [6, 6.07) is 0. The van der Waals surface area contributed by atoms with Crippen molar-refractivity contribution in [3.63, 3.8) is 0 Å². The largest absolute Gasteiger partial charge is 0.481 e. The van der Waals surface area contributed by atoms with E-state index in [1.165, 1.54) is 51.9 Å². The quantitative estimate of drug-likeness (QED) is 0.0420. The molecule has 0 bridgehead atoms. The molecule has 0 unspecified atom stereocenters. The summed E-state index contributed by atoms with van der Waals surface area (Å²) < 4.78 is 21.6. The van der Waals surface area contributed by atoms with Gasteiger partial charge in [-0.2, -0.15) is 0 Å². The van der Waals surface area contributed by atoms with Gasteiger partial charge in [0.25, 0.3) is 0 Å². The van der Waals surface area contributed by atoms with E-state index in [0.717, 1.165) is 44.9 Å². The first-order chi connectivity index (χ1) is 33.4. The molecule has 70 heavy (non-hydrogen) atoms. The average molecular weight is 997 g/mol. The summed E-state index contributed by atoms with van der Waals surface area (Å²) in [5.41, 5.74) is -0.551. The van der Waals surface area contributed by atoms with E-state index in [9.17, 15) is 48.3 Å². The molecule has 0 aromatic carbocycles. The van der Waals surface area contributed by atoms with Crippen molar-refractivity contribution in [1.82, 2.24) is 10.6 Å². The van der Waals surface area contributed by atoms with Crippen molar-refractivity contribution in [3.05, 3.63) is 0 Å². The highest BCUT2D eigenvalue weighted by Gasteiger charge is 2.28. The van der Waals surface area contributed by atoms with Crippen LogP contribution >= 0.6 is 0 Å². The third-order valence-electron chi connectivity index (χ3n) is 12.0. The van der Waals surface area contributed by atoms with E-state index >= 15 is 0 Å². The predicted molar refractivity (Wildman–Crippen MR) is 266 cm³/mol. The summed E-state index contributed by atoms with van der Waals surface area (Å²) in [6.45, 7) is 8.66. The first-order valence-corrected chi connectivity index (χ1v) is 26.3. The summed E-state index contributed by atoms with van der Waals surface area (Å²) in [5, 5.41) is 23.7. The van der Waals surface area contributed by atoms with Gasteiger partial charge in [0.15, 0.2) is 0 Å². The van der Waals surface area contributed by atoms with Crippen LogP contribution in [0.1, 0.15) is 201 Å². The summed E-state index contributed by atoms with van der Waals surface area (Å²) in [7, 11) is 0. The van der Waals surface area contributed by atoms with Gasteiger partial charge in [-0.1, -0.05) is 104 Å². The normalized spacial score (nSPS) is 12.3. The van der Waals surface area contributed by atoms with Gasteiger partial charge in [0.05, 0.1) is 39.0 Å². The van der Waals surface area contributed by atoms with Crippen LogP contribution in [0.4, 0.5) is 0 Å². The van der Waals surface area contributed by atoms with E-state index in [1.54, 1.807) is 0 Å². The van der Waals surface area contributed by atoms with Crippen molar-refractivity contribution in [2.75, 3.05) is 65.9 Å². The molecule has 17 nitrogen and oxygen atoms in total. The molecule has 0 saturated carbocycles. The van der Waals surface area contributed by atoms with Gasteiger partial charge in [-0.05, 0) is 45.4 Å². The predicted octanol–water partition coefficient (Wildman–Crippen LogP) is 8.13. The average Bonchev–Trinajstić information content (AvgIpc) is 3.29. The van der Waals surface area contributed by atoms with Crippen molar-refractivity contribution < 1.29 is 72.3 Å². The zero-order valence-corrected chi connectivity index (χ0v) is 43.5. The van der Waals surface area contributed by atoms with Crippen LogP contribution in [0.2, 0.25) is 0 Å². The van der Waals surface area contributed by atoms with Crippen LogP contribution in [0.15, 0.2) is 0 Å². The molecular weight excluding hydrogens is 905 g/mol. The zero-order chi connectivity index (χ0) is 52.3. The topological polar surface area (TPSA) is 255 Å². The fraction of sp³-hybridized carbons (Fsp3) is 0.830. The van der Waals surface area contributed by atoms with E-state index in [-0.39, 0.29) is 145 Å². The van der Waals surface area contributed by atoms with Gasteiger partial charge < -0.3 is 44.6 Å². The molecule has 0 rings (SSSR count). The minimum atomic E-state index is -1.05. The number of ketones is 5. The molecule has 0 aromatic heterocycles. The highest BCUT2D eigenvalue weighted by atomic mass is 16.5. The van der Waals surface area contributed by atoms with Crippen LogP contribution in [-0.4, -0.2) is 129 Å². The number of amides is 2. The molecule has 0 heterocycles. The molecule has 4 N–H and O–H groups in total. The number of carboxylic acid groups (broad SMARTS) is 2. The highest BCUT2D eigenvalue weighted by molar-refractivity contribution is 5.92. The van der Waals surface area contributed by atoms with Crippen molar-refractivity contribution in [2.24, 2.45) is 17.3 Å². The smallest absolute Gasteiger partial charge is 0.306 e. The lowest BCUT2D eigenvalue weighted by atomic mass is 9.81. The summed E-state index contributed by atoms with van der Waals surface area (Å²) >= 11 is 0. The van der Waals surface area contributed by atoms with Crippen LogP contribution in [0.25, 0.3) is 0 Å². The first kappa shape index (κ1) is 66.1. The SMILES string of the molecule is CC(=O)CCC(=O)[C@H](CCCCNC(=O)COCCOCCNC(=O)COCCOCCCC(=O)CC[C@H](CC(=O)CCCCCCCCCCCCCCCCC(=O)O)C(=O)O)CC(=O)C(C)(C)C. The molecule has 404 valence electrons. The monoisotopic (exact) mass is 997 g/mol. The molecule has 0 saturated heterocycles. The summed E-state index contributed by atoms with van der Waals surface area (Å²) in [4.78, 5) is 108. The molecule has 2 atom stereocenters. The Bertz CT molecular complexity index is 1490. The molecule has 0 fully saturated rings. The number of carbonyl (C=O) groups excluding carboxylic acids is 7. The number of nitrogens with one attached hydrogen (secondary N) is 2. The Labute approximate surface area is 418 Å². The van der Waals surface area contributed by atoms with Crippen LogP contribution in [0, 0.1) is 17.3 Å². The van der Waals surface area contributed by atoms with Crippen molar-refractivity contribution in [1.29, 1.82) is 0 Å². The number of Topliss-reactive ketones (excluding diaryl/α,β-unsaturated/α-hetero) is 5. The van der Waals surface area contributed by atoms with Gasteiger partial charge >= 0.3 is 11.9 Å². The molecule has 17 heteroatoms. The molecule has 0 spiro atoms. The maximum Gasteiger partial charge on any atom is 0.306 e. The second-order valence-electron chi connectivity index (χ2n) is 19.6. The van der Waals surface area contributed by atoms with Gasteiger partial charge in [-0.3, -0.25) is 38.4 Å². The highest BCUT2D eigenvalue weighted by Crippen LogP contribution is 2.25. The van der Waals surface area contributed by atoms with Crippen LogP contribution < -0.4 is 10.6 Å². The fourth-order valence-corrected chi connectivity index (χ4v) is 7.53. The van der Waals surface area contributed by atoms with Crippen LogP contribution in [0.5, 0.6) is 0 Å². The number of aliphatic carboxylic acids is 2. The molecular formula is C53H92N2O15. The maximum absolute atomic E-state index is 12.7. The second kappa shape index (κ2) is 43.8. The standard InChI is InChI=1S/C53H92N2O15/c1-42(56)26-29-47(59)43(39-48(60)53(2,3)4)22-19-20-30-54-49(61)40-70-37-35-68-33-31-55-50(62)41-69-36-34-67-32-21-24-45(57)28-27-44(52(65)66)38-46(58)23-17-15-13-11-9-7-5-6-8-10-12-14-16-18-25-51(63)64/h43-44H,5-41H2,1-4H3,(H,54,61)(H,55,62)(H,63,64)(H,65,66)/t43-,44-/m1/s1. The van der Waals surface area contributed by atoms with Crippen molar-refractivity contribution in [3.8, 4) is 0 Å². The Morgan fingerprint density at radius 2 is 0.929 bits per heavy atom. The Balaban J connectivity index is 3.80. The second-order valence-corrected chi connectivity index (χ2v) is 19.6. The Kier molecular flexibility index (Phi) is 41.4. The number of hydrogen-bond donors (Lipinski definition) is 4. The Morgan fingerprint density at radius 1 is 0.443 bits per heavy atom. The number of carbonyl (C=O) groups is 9. The van der Waals surface area contributed by atoms with E-state index in [2.05, 4.69) is 10.6 Å². The van der Waals surface area contributed by atoms with Gasteiger partial charge in [-0.25, -0.2) is 0 Å². The van der Waals surface area contributed by atoms with Crippen LogP contribution in [-0.2, 0) is 62.1 Å². The van der Waals surface area contributed by atoms with E-state index < -0.39 is 29.2 Å². The van der Waals surface area contributed by atoms with E-state index in [4.69, 9.17) is 24.1 Å². The lowest BCUT2D eigenvalue weighted by Gasteiger charge is -2.21. The van der Waals surface area contributed by atoms with Crippen molar-refractivity contribution in [2.45, 2.75) is 201 Å². The van der Waals surface area contributed by atoms with Crippen LogP contribution in [0.3, 0.4) is 0 Å². The lowest BCUT2D eigenvalue weighted by molar-refractivity contribution is -0.144. The molecule has 0 aliphatic carbocycles. The number of carboxylic acids is 2. The molecule has 0 radical (unpaired) electrons.